The van der Waals surface area contributed by atoms with Crippen LogP contribution in [0.4, 0.5) is 0 Å². The smallest absolute Gasteiger partial charge is 0.259 e. The third kappa shape index (κ3) is 2.14. The zero-order valence-corrected chi connectivity index (χ0v) is 11.3. The molecule has 0 spiro atoms. The van der Waals surface area contributed by atoms with Gasteiger partial charge in [-0.25, -0.2) is 13.6 Å². The van der Waals surface area contributed by atoms with E-state index in [9.17, 15) is 8.42 Å². The summed E-state index contributed by atoms with van der Waals surface area (Å²) in [5, 5.41) is 10.1. The molecule has 18 heavy (non-hydrogen) atoms. The van der Waals surface area contributed by atoms with Gasteiger partial charge in [0.15, 0.2) is 6.61 Å². The van der Waals surface area contributed by atoms with Crippen LogP contribution in [0.25, 0.3) is 0 Å². The number of primary sulfonamides is 1. The van der Waals surface area contributed by atoms with Gasteiger partial charge in [0, 0.05) is 13.2 Å². The number of nitrogens with one attached hydrogen (secondary N) is 1. The molecule has 0 aliphatic carbocycles. The van der Waals surface area contributed by atoms with E-state index in [-0.39, 0.29) is 24.2 Å². The highest BCUT2D eigenvalue weighted by atomic mass is 35.5. The Morgan fingerprint density at radius 3 is 2.94 bits per heavy atom. The fourth-order valence-electron chi connectivity index (χ4n) is 1.57. The number of ether oxygens (including phenoxy) is 1. The van der Waals surface area contributed by atoms with Gasteiger partial charge in [0.25, 0.3) is 10.2 Å². The molecule has 0 amide bonds. The van der Waals surface area contributed by atoms with Crippen molar-refractivity contribution in [3.63, 3.8) is 0 Å². The summed E-state index contributed by atoms with van der Waals surface area (Å²) >= 11 is 6.04. The molecule has 10 heteroatoms. The van der Waals surface area contributed by atoms with Crippen molar-refractivity contribution in [3.05, 3.63) is 11.8 Å². The highest BCUT2D eigenvalue weighted by Crippen LogP contribution is 2.33. The summed E-state index contributed by atoms with van der Waals surface area (Å²) in [6.45, 7) is 2.04. The lowest BCUT2D eigenvalue weighted by Gasteiger charge is -2.26. The topological polar surface area (TPSA) is 106 Å². The Kier molecular flexibility index (Phi) is 3.18. The van der Waals surface area contributed by atoms with Crippen LogP contribution in [0.5, 0.6) is 0 Å². The second-order valence-electron chi connectivity index (χ2n) is 4.03. The molecule has 0 saturated carbocycles. The first kappa shape index (κ1) is 13.4. The zero-order chi connectivity index (χ0) is 13.6. The van der Waals surface area contributed by atoms with E-state index < -0.39 is 14.4 Å². The molecule has 8 nitrogen and oxygen atoms in total. The first-order chi connectivity index (χ1) is 8.24. The predicted molar refractivity (Wildman–Crippen MR) is 64.6 cm³/mol. The molecule has 0 aromatic carbocycles. The minimum Gasteiger partial charge on any atom is -0.469 e. The molecule has 0 aromatic rings. The van der Waals surface area contributed by atoms with Gasteiger partial charge in [0.05, 0.1) is 5.57 Å². The third-order valence-corrected chi connectivity index (χ3v) is 4.41. The Morgan fingerprint density at radius 2 is 2.39 bits per heavy atom. The Balaban J connectivity index is 2.42. The molecule has 3 N–H and O–H groups in total. The highest BCUT2D eigenvalue weighted by Gasteiger charge is 2.51. The third-order valence-electron chi connectivity index (χ3n) is 2.38. The Labute approximate surface area is 109 Å². The molecule has 2 heterocycles. The monoisotopic (exact) mass is 296 g/mol. The molecule has 2 unspecified atom stereocenters. The standard InChI is InChI=1S/C8H13ClN4O4S/c1-5-4-16-11-7(17-5)6-3-13(2)12-8(6,9)18(10,14)15/h3,5,12H,4H2,1-2H3,(H2,10,14,15). The van der Waals surface area contributed by atoms with Gasteiger partial charge in [0.1, 0.15) is 6.10 Å². The number of alkyl halides is 1. The van der Waals surface area contributed by atoms with Gasteiger partial charge in [-0.05, 0) is 12.1 Å². The summed E-state index contributed by atoms with van der Waals surface area (Å²) in [6, 6.07) is 0. The van der Waals surface area contributed by atoms with Crippen LogP contribution in [0.3, 0.4) is 0 Å². The number of rotatable bonds is 2. The number of nitrogens with two attached hydrogens (primary N) is 1. The van der Waals surface area contributed by atoms with Crippen molar-refractivity contribution < 1.29 is 18.0 Å². The molecule has 2 atom stereocenters. The lowest BCUT2D eigenvalue weighted by atomic mass is 10.3. The number of hydrogen-bond acceptors (Lipinski definition) is 7. The van der Waals surface area contributed by atoms with Crippen molar-refractivity contribution in [2.24, 2.45) is 10.3 Å². The van der Waals surface area contributed by atoms with E-state index in [1.165, 1.54) is 11.2 Å². The van der Waals surface area contributed by atoms with Crippen molar-refractivity contribution >= 4 is 27.5 Å². The molecule has 0 aromatic heterocycles. The SMILES string of the molecule is CC1CON=C(C2=CN(C)NC2(Cl)S(N)(=O)=O)O1. The number of hydrazine groups is 1. The van der Waals surface area contributed by atoms with E-state index in [4.69, 9.17) is 26.3 Å². The summed E-state index contributed by atoms with van der Waals surface area (Å²) in [5.41, 5.74) is 2.59. The minimum absolute atomic E-state index is 0.00498. The van der Waals surface area contributed by atoms with Crippen LogP contribution in [0.2, 0.25) is 0 Å². The van der Waals surface area contributed by atoms with Gasteiger partial charge < -0.3 is 14.6 Å². The summed E-state index contributed by atoms with van der Waals surface area (Å²) in [5.74, 6) is -0.00498. The van der Waals surface area contributed by atoms with Crippen LogP contribution in [-0.2, 0) is 19.6 Å². The van der Waals surface area contributed by atoms with Crippen LogP contribution in [0.15, 0.2) is 16.9 Å². The summed E-state index contributed by atoms with van der Waals surface area (Å²) in [7, 11) is -2.55. The maximum absolute atomic E-state index is 11.6. The van der Waals surface area contributed by atoms with Crippen molar-refractivity contribution in [1.82, 2.24) is 10.4 Å². The lowest BCUT2D eigenvalue weighted by Crippen LogP contribution is -2.53. The molecule has 0 radical (unpaired) electrons. The Bertz CT molecular complexity index is 519. The number of nitrogens with zero attached hydrogens (tertiary/aromatic N) is 2. The van der Waals surface area contributed by atoms with Crippen LogP contribution in [-0.4, -0.2) is 43.4 Å². The van der Waals surface area contributed by atoms with Crippen LogP contribution >= 0.6 is 11.6 Å². The van der Waals surface area contributed by atoms with Crippen molar-refractivity contribution in [3.8, 4) is 0 Å². The number of hydrogen-bond donors (Lipinski definition) is 2. The summed E-state index contributed by atoms with van der Waals surface area (Å²) in [4.78, 5) is 4.93. The van der Waals surface area contributed by atoms with Gasteiger partial charge in [-0.15, -0.1) is 0 Å². The number of oxime groups is 1. The fraction of sp³-hybridized carbons (Fsp3) is 0.625. The average molecular weight is 297 g/mol. The molecule has 2 aliphatic heterocycles. The molecular weight excluding hydrogens is 284 g/mol. The van der Waals surface area contributed by atoms with Crippen molar-refractivity contribution in [1.29, 1.82) is 0 Å². The van der Waals surface area contributed by atoms with Crippen LogP contribution in [0.1, 0.15) is 6.92 Å². The number of halogens is 1. The number of sulfonamides is 1. The van der Waals surface area contributed by atoms with E-state index in [2.05, 4.69) is 10.6 Å². The largest absolute Gasteiger partial charge is 0.469 e. The van der Waals surface area contributed by atoms with Gasteiger partial charge in [-0.2, -0.15) is 5.43 Å². The van der Waals surface area contributed by atoms with Crippen molar-refractivity contribution in [2.45, 2.75) is 17.4 Å². The average Bonchev–Trinajstić information content (AvgIpc) is 2.54. The molecule has 102 valence electrons. The fourth-order valence-corrected chi connectivity index (χ4v) is 2.55. The van der Waals surface area contributed by atoms with E-state index in [1.807, 2.05) is 0 Å². The Morgan fingerprint density at radius 1 is 1.72 bits per heavy atom. The Hall–Kier alpha value is -1.03. The van der Waals surface area contributed by atoms with Gasteiger partial charge in [0.2, 0.25) is 10.0 Å². The molecule has 2 aliphatic rings. The van der Waals surface area contributed by atoms with Gasteiger partial charge in [-0.3, -0.25) is 0 Å². The second kappa shape index (κ2) is 4.26. The lowest BCUT2D eigenvalue weighted by molar-refractivity contribution is 0.0190. The second-order valence-corrected chi connectivity index (χ2v) is 6.52. The van der Waals surface area contributed by atoms with E-state index >= 15 is 0 Å². The molecule has 0 saturated heterocycles. The van der Waals surface area contributed by atoms with E-state index in [1.54, 1.807) is 14.0 Å². The predicted octanol–water partition coefficient (Wildman–Crippen LogP) is -0.750. The normalized spacial score (nSPS) is 32.4. The summed E-state index contributed by atoms with van der Waals surface area (Å²) < 4.78 is 26.6. The quantitative estimate of drug-likeness (QED) is 0.513. The minimum atomic E-state index is -4.12. The van der Waals surface area contributed by atoms with Gasteiger partial charge >= 0.3 is 0 Å². The van der Waals surface area contributed by atoms with E-state index in [0.717, 1.165) is 0 Å². The highest BCUT2D eigenvalue weighted by molar-refractivity contribution is 7.92. The first-order valence-electron chi connectivity index (χ1n) is 5.05. The molecule has 0 fully saturated rings. The van der Waals surface area contributed by atoms with Crippen LogP contribution < -0.4 is 10.6 Å². The molecule has 2 rings (SSSR count). The summed E-state index contributed by atoms with van der Waals surface area (Å²) in [6.07, 6.45) is 1.17. The van der Waals surface area contributed by atoms with Crippen molar-refractivity contribution in [2.75, 3.05) is 13.7 Å². The maximum Gasteiger partial charge on any atom is 0.259 e. The van der Waals surface area contributed by atoms with Gasteiger partial charge in [-0.1, -0.05) is 11.6 Å². The maximum atomic E-state index is 11.6. The molecular formula is C8H13ClN4O4S. The molecule has 0 bridgehead atoms. The van der Waals surface area contributed by atoms with E-state index in [0.29, 0.717) is 0 Å². The first-order valence-corrected chi connectivity index (χ1v) is 6.97. The van der Waals surface area contributed by atoms with Crippen LogP contribution in [0, 0.1) is 0 Å². The zero-order valence-electron chi connectivity index (χ0n) is 9.75.